The Bertz CT molecular complexity index is 988. The van der Waals surface area contributed by atoms with Crippen molar-refractivity contribution in [1.82, 2.24) is 20.1 Å². The van der Waals surface area contributed by atoms with Crippen molar-refractivity contribution >= 4 is 17.5 Å². The predicted molar refractivity (Wildman–Crippen MR) is 102 cm³/mol. The van der Waals surface area contributed by atoms with Crippen molar-refractivity contribution in [2.24, 2.45) is 0 Å². The fraction of sp³-hybridized carbons (Fsp3) is 0.350. The molecule has 1 aliphatic carbocycles. The summed E-state index contributed by atoms with van der Waals surface area (Å²) in [6.07, 6.45) is 2.23. The van der Waals surface area contributed by atoms with E-state index in [1.165, 1.54) is 0 Å². The highest BCUT2D eigenvalue weighted by Crippen LogP contribution is 2.40. The standard InChI is InChI=1S/C20H21ClN4O2/c1-12-9-16(20-24-23-19(27-20)14-7-8-14)13(2)25(12)11-18(26)22-10-15-5-3-4-6-17(15)21/h3-6,9,14H,7-8,10-11H2,1-2H3,(H,22,26). The van der Waals surface area contributed by atoms with Crippen LogP contribution in [0.5, 0.6) is 0 Å². The molecule has 0 radical (unpaired) electrons. The molecule has 0 aliphatic heterocycles. The van der Waals surface area contributed by atoms with Gasteiger partial charge in [0.2, 0.25) is 17.7 Å². The highest BCUT2D eigenvalue weighted by Gasteiger charge is 2.30. The van der Waals surface area contributed by atoms with E-state index < -0.39 is 0 Å². The van der Waals surface area contributed by atoms with Gasteiger partial charge in [0.1, 0.15) is 6.54 Å². The molecule has 0 unspecified atom stereocenters. The van der Waals surface area contributed by atoms with Gasteiger partial charge >= 0.3 is 0 Å². The van der Waals surface area contributed by atoms with Gasteiger partial charge in [0.25, 0.3) is 0 Å². The highest BCUT2D eigenvalue weighted by atomic mass is 35.5. The molecule has 6 nitrogen and oxygen atoms in total. The van der Waals surface area contributed by atoms with E-state index in [1.807, 2.05) is 48.7 Å². The molecule has 1 saturated carbocycles. The van der Waals surface area contributed by atoms with E-state index >= 15 is 0 Å². The van der Waals surface area contributed by atoms with Gasteiger partial charge in [0.05, 0.1) is 5.56 Å². The number of nitrogens with one attached hydrogen (secondary N) is 1. The van der Waals surface area contributed by atoms with Crippen molar-refractivity contribution in [2.75, 3.05) is 0 Å². The van der Waals surface area contributed by atoms with Crippen LogP contribution in [0.25, 0.3) is 11.5 Å². The van der Waals surface area contributed by atoms with Crippen LogP contribution in [-0.2, 0) is 17.9 Å². The second-order valence-electron chi connectivity index (χ2n) is 6.96. The van der Waals surface area contributed by atoms with Crippen LogP contribution in [0.1, 0.15) is 41.6 Å². The third-order valence-corrected chi connectivity index (χ3v) is 5.28. The Morgan fingerprint density at radius 2 is 2.07 bits per heavy atom. The number of hydrogen-bond acceptors (Lipinski definition) is 4. The Labute approximate surface area is 162 Å². The second-order valence-corrected chi connectivity index (χ2v) is 7.37. The van der Waals surface area contributed by atoms with E-state index in [1.54, 1.807) is 0 Å². The molecule has 0 atom stereocenters. The molecular weight excluding hydrogens is 364 g/mol. The maximum atomic E-state index is 12.4. The summed E-state index contributed by atoms with van der Waals surface area (Å²) in [4.78, 5) is 12.4. The van der Waals surface area contributed by atoms with Crippen molar-refractivity contribution in [1.29, 1.82) is 0 Å². The van der Waals surface area contributed by atoms with Gasteiger partial charge in [-0.1, -0.05) is 29.8 Å². The van der Waals surface area contributed by atoms with Crippen LogP contribution in [-0.4, -0.2) is 20.7 Å². The molecule has 1 fully saturated rings. The lowest BCUT2D eigenvalue weighted by atomic mass is 10.2. The minimum atomic E-state index is -0.0764. The van der Waals surface area contributed by atoms with Crippen molar-refractivity contribution in [3.63, 3.8) is 0 Å². The van der Waals surface area contributed by atoms with Crippen LogP contribution in [0.15, 0.2) is 34.7 Å². The zero-order valence-corrected chi connectivity index (χ0v) is 16.1. The summed E-state index contributed by atoms with van der Waals surface area (Å²) in [5.74, 6) is 1.58. The van der Waals surface area contributed by atoms with E-state index in [-0.39, 0.29) is 12.5 Å². The van der Waals surface area contributed by atoms with Gasteiger partial charge in [-0.25, -0.2) is 0 Å². The minimum absolute atomic E-state index is 0.0764. The fourth-order valence-electron chi connectivity index (χ4n) is 3.13. The lowest BCUT2D eigenvalue weighted by molar-refractivity contribution is -0.121. The number of aryl methyl sites for hydroxylation is 1. The van der Waals surface area contributed by atoms with E-state index in [9.17, 15) is 4.79 Å². The molecule has 2 heterocycles. The van der Waals surface area contributed by atoms with Gasteiger partial charge in [0.15, 0.2) is 0 Å². The first-order valence-corrected chi connectivity index (χ1v) is 9.41. The van der Waals surface area contributed by atoms with Crippen LogP contribution < -0.4 is 5.32 Å². The zero-order valence-electron chi connectivity index (χ0n) is 15.3. The molecule has 140 valence electrons. The van der Waals surface area contributed by atoms with Crippen molar-refractivity contribution in [3.8, 4) is 11.5 Å². The van der Waals surface area contributed by atoms with E-state index in [0.29, 0.717) is 29.3 Å². The van der Waals surface area contributed by atoms with Gasteiger partial charge in [-0.05, 0) is 44.4 Å². The third kappa shape index (κ3) is 3.76. The smallest absolute Gasteiger partial charge is 0.249 e. The maximum absolute atomic E-state index is 12.4. The average molecular weight is 385 g/mol. The van der Waals surface area contributed by atoms with E-state index in [2.05, 4.69) is 15.5 Å². The average Bonchev–Trinajstić information content (AvgIpc) is 3.33. The SMILES string of the molecule is Cc1cc(-c2nnc(C3CC3)o2)c(C)n1CC(=O)NCc1ccccc1Cl. The third-order valence-electron chi connectivity index (χ3n) is 4.91. The fourth-order valence-corrected chi connectivity index (χ4v) is 3.34. The molecule has 7 heteroatoms. The first kappa shape index (κ1) is 17.8. The number of halogens is 1. The Morgan fingerprint density at radius 1 is 1.30 bits per heavy atom. The summed E-state index contributed by atoms with van der Waals surface area (Å²) in [7, 11) is 0. The largest absolute Gasteiger partial charge is 0.420 e. The number of rotatable bonds is 6. The Morgan fingerprint density at radius 3 is 2.81 bits per heavy atom. The van der Waals surface area contributed by atoms with Crippen molar-refractivity contribution in [3.05, 3.63) is 58.2 Å². The summed E-state index contributed by atoms with van der Waals surface area (Å²) < 4.78 is 7.77. The van der Waals surface area contributed by atoms with Crippen LogP contribution in [0.3, 0.4) is 0 Å². The Hall–Kier alpha value is -2.60. The molecule has 0 bridgehead atoms. The Kier molecular flexibility index (Phi) is 4.74. The topological polar surface area (TPSA) is 73.0 Å². The number of nitrogens with zero attached hydrogens (tertiary/aromatic N) is 3. The maximum Gasteiger partial charge on any atom is 0.249 e. The minimum Gasteiger partial charge on any atom is -0.420 e. The zero-order chi connectivity index (χ0) is 19.0. The molecule has 2 aromatic heterocycles. The number of aromatic nitrogens is 3. The van der Waals surface area contributed by atoms with Crippen LogP contribution in [0.2, 0.25) is 5.02 Å². The number of carbonyl (C=O) groups excluding carboxylic acids is 1. The predicted octanol–water partition coefficient (Wildman–Crippen LogP) is 4.00. The van der Waals surface area contributed by atoms with Crippen molar-refractivity contribution in [2.45, 2.75) is 45.7 Å². The molecule has 0 spiro atoms. The number of amides is 1. The molecule has 1 amide bonds. The lowest BCUT2D eigenvalue weighted by Gasteiger charge is -2.11. The molecular formula is C20H21ClN4O2. The Balaban J connectivity index is 1.46. The molecule has 1 N–H and O–H groups in total. The van der Waals surface area contributed by atoms with Crippen molar-refractivity contribution < 1.29 is 9.21 Å². The summed E-state index contributed by atoms with van der Waals surface area (Å²) in [6.45, 7) is 4.56. The van der Waals surface area contributed by atoms with Crippen LogP contribution in [0.4, 0.5) is 0 Å². The van der Waals surface area contributed by atoms with Gasteiger partial charge in [-0.15, -0.1) is 10.2 Å². The molecule has 0 saturated heterocycles. The molecule has 1 aliphatic rings. The summed E-state index contributed by atoms with van der Waals surface area (Å²) in [5, 5.41) is 11.9. The molecule has 3 aromatic rings. The van der Waals surface area contributed by atoms with Crippen LogP contribution >= 0.6 is 11.6 Å². The highest BCUT2D eigenvalue weighted by molar-refractivity contribution is 6.31. The van der Waals surface area contributed by atoms with E-state index in [0.717, 1.165) is 35.4 Å². The number of hydrogen-bond donors (Lipinski definition) is 1. The van der Waals surface area contributed by atoms with E-state index in [4.69, 9.17) is 16.0 Å². The first-order valence-electron chi connectivity index (χ1n) is 9.03. The normalized spacial score (nSPS) is 13.7. The quantitative estimate of drug-likeness (QED) is 0.697. The van der Waals surface area contributed by atoms with Gasteiger partial charge in [-0.3, -0.25) is 4.79 Å². The van der Waals surface area contributed by atoms with Gasteiger partial charge in [0, 0.05) is 28.9 Å². The number of carbonyl (C=O) groups is 1. The molecule has 4 rings (SSSR count). The molecule has 27 heavy (non-hydrogen) atoms. The summed E-state index contributed by atoms with van der Waals surface area (Å²) >= 11 is 6.14. The number of benzene rings is 1. The monoisotopic (exact) mass is 384 g/mol. The van der Waals surface area contributed by atoms with Gasteiger partial charge in [-0.2, -0.15) is 0 Å². The molecule has 1 aromatic carbocycles. The van der Waals surface area contributed by atoms with Crippen LogP contribution in [0, 0.1) is 13.8 Å². The van der Waals surface area contributed by atoms with Gasteiger partial charge < -0.3 is 14.3 Å². The second kappa shape index (κ2) is 7.19. The summed E-state index contributed by atoms with van der Waals surface area (Å²) in [6, 6.07) is 9.48. The summed E-state index contributed by atoms with van der Waals surface area (Å²) in [5.41, 5.74) is 3.69. The lowest BCUT2D eigenvalue weighted by Crippen LogP contribution is -2.28. The first-order chi connectivity index (χ1) is 13.0.